The molecule has 6 heteroatoms. The largest absolute Gasteiger partial charge is 0.504 e. The average molecular weight is 340 g/mol. The van der Waals surface area contributed by atoms with Crippen LogP contribution in [0.2, 0.25) is 0 Å². The van der Waals surface area contributed by atoms with Crippen molar-refractivity contribution in [1.82, 2.24) is 0 Å². The summed E-state index contributed by atoms with van der Waals surface area (Å²) in [6, 6.07) is 11.0. The van der Waals surface area contributed by atoms with E-state index in [0.29, 0.717) is 30.5 Å². The number of phenolic OH excluding ortho intramolecular Hbond substituents is 1. The monoisotopic (exact) mass is 340 g/mol. The van der Waals surface area contributed by atoms with Crippen molar-refractivity contribution in [2.45, 2.75) is 12.5 Å². The lowest BCUT2D eigenvalue weighted by molar-refractivity contribution is -0.107. The quantitative estimate of drug-likeness (QED) is 0.817. The molecule has 1 unspecified atom stereocenters. The maximum Gasteiger partial charge on any atom is 0.214 e. The molecular formula is C19H20N2O4. The fourth-order valence-corrected chi connectivity index (χ4v) is 3.31. The van der Waals surface area contributed by atoms with Gasteiger partial charge in [-0.3, -0.25) is 9.59 Å². The number of likely N-dealkylation sites (N-methyl/N-ethyl adjacent to an activating group) is 1. The Kier molecular flexibility index (Phi) is 4.61. The SMILES string of the molecule is COc1cc(C=O)c(N(C=O)CC2Cc3ccccc3N2C)cc1O. The molecule has 1 atom stereocenters. The van der Waals surface area contributed by atoms with Crippen LogP contribution in [0.5, 0.6) is 11.5 Å². The van der Waals surface area contributed by atoms with E-state index in [1.54, 1.807) is 0 Å². The van der Waals surface area contributed by atoms with Crippen molar-refractivity contribution in [2.24, 2.45) is 0 Å². The summed E-state index contributed by atoms with van der Waals surface area (Å²) in [6.07, 6.45) is 2.15. The third-order valence-corrected chi connectivity index (χ3v) is 4.67. The number of carbonyl (C=O) groups excluding carboxylic acids is 2. The van der Waals surface area contributed by atoms with Crippen LogP contribution in [-0.2, 0) is 11.2 Å². The molecule has 2 aromatic carbocycles. The summed E-state index contributed by atoms with van der Waals surface area (Å²) < 4.78 is 5.02. The number of hydrogen-bond acceptors (Lipinski definition) is 5. The molecule has 0 aliphatic carbocycles. The number of ether oxygens (including phenoxy) is 1. The van der Waals surface area contributed by atoms with E-state index in [1.807, 2.05) is 19.2 Å². The minimum absolute atomic E-state index is 0.0892. The molecule has 0 saturated carbocycles. The highest BCUT2D eigenvalue weighted by atomic mass is 16.5. The van der Waals surface area contributed by atoms with Crippen molar-refractivity contribution >= 4 is 24.1 Å². The Morgan fingerprint density at radius 2 is 2.08 bits per heavy atom. The Morgan fingerprint density at radius 1 is 1.32 bits per heavy atom. The number of para-hydroxylation sites is 1. The lowest BCUT2D eigenvalue weighted by Crippen LogP contribution is -2.40. The normalized spacial score (nSPS) is 15.6. The Labute approximate surface area is 146 Å². The van der Waals surface area contributed by atoms with E-state index in [0.717, 1.165) is 12.1 Å². The van der Waals surface area contributed by atoms with Crippen LogP contribution in [0.15, 0.2) is 36.4 Å². The summed E-state index contributed by atoms with van der Waals surface area (Å²) in [6.45, 7) is 0.404. The van der Waals surface area contributed by atoms with Crippen LogP contribution in [0.25, 0.3) is 0 Å². The molecule has 0 fully saturated rings. The van der Waals surface area contributed by atoms with Gasteiger partial charge < -0.3 is 19.6 Å². The molecule has 0 radical (unpaired) electrons. The number of phenols is 1. The van der Waals surface area contributed by atoms with E-state index in [-0.39, 0.29) is 17.5 Å². The number of aromatic hydroxyl groups is 1. The zero-order valence-corrected chi connectivity index (χ0v) is 14.2. The van der Waals surface area contributed by atoms with E-state index >= 15 is 0 Å². The molecule has 1 aliphatic rings. The average Bonchev–Trinajstić information content (AvgIpc) is 2.95. The van der Waals surface area contributed by atoms with Crippen LogP contribution in [0.3, 0.4) is 0 Å². The van der Waals surface area contributed by atoms with Crippen molar-refractivity contribution in [1.29, 1.82) is 0 Å². The van der Waals surface area contributed by atoms with Crippen molar-refractivity contribution in [2.75, 3.05) is 30.5 Å². The summed E-state index contributed by atoms with van der Waals surface area (Å²) in [4.78, 5) is 26.7. The molecule has 2 aromatic rings. The lowest BCUT2D eigenvalue weighted by atomic mass is 10.1. The highest BCUT2D eigenvalue weighted by Gasteiger charge is 2.28. The van der Waals surface area contributed by atoms with Gasteiger partial charge in [0.1, 0.15) is 0 Å². The first-order valence-corrected chi connectivity index (χ1v) is 7.98. The number of aldehydes is 1. The van der Waals surface area contributed by atoms with E-state index in [1.165, 1.54) is 29.7 Å². The molecule has 0 aromatic heterocycles. The zero-order valence-electron chi connectivity index (χ0n) is 14.2. The van der Waals surface area contributed by atoms with Crippen LogP contribution in [0.1, 0.15) is 15.9 Å². The second-order valence-corrected chi connectivity index (χ2v) is 6.06. The topological polar surface area (TPSA) is 70.1 Å². The fourth-order valence-electron chi connectivity index (χ4n) is 3.31. The smallest absolute Gasteiger partial charge is 0.214 e. The van der Waals surface area contributed by atoms with Gasteiger partial charge in [-0.15, -0.1) is 0 Å². The van der Waals surface area contributed by atoms with Gasteiger partial charge in [-0.25, -0.2) is 0 Å². The summed E-state index contributed by atoms with van der Waals surface area (Å²) in [5.41, 5.74) is 3.04. The number of carbonyl (C=O) groups is 2. The molecule has 1 amide bonds. The standard InChI is InChI=1S/C19H20N2O4/c1-20-15(7-13-5-3-4-6-16(13)20)10-21(12-23)17-9-18(24)19(25-2)8-14(17)11-22/h3-6,8-9,11-12,15,24H,7,10H2,1-2H3. The van der Waals surface area contributed by atoms with Crippen molar-refractivity contribution in [3.63, 3.8) is 0 Å². The first kappa shape index (κ1) is 16.8. The fraction of sp³-hybridized carbons (Fsp3) is 0.263. The van der Waals surface area contributed by atoms with Crippen LogP contribution >= 0.6 is 0 Å². The Bertz CT molecular complexity index is 806. The molecule has 0 spiro atoms. The van der Waals surface area contributed by atoms with Crippen molar-refractivity contribution < 1.29 is 19.4 Å². The van der Waals surface area contributed by atoms with Crippen molar-refractivity contribution in [3.8, 4) is 11.5 Å². The minimum Gasteiger partial charge on any atom is -0.504 e. The second kappa shape index (κ2) is 6.84. The number of rotatable bonds is 6. The molecule has 130 valence electrons. The predicted octanol–water partition coefficient (Wildman–Crippen LogP) is 2.24. The summed E-state index contributed by atoms with van der Waals surface area (Å²) in [5.74, 6) is 0.0834. The van der Waals surface area contributed by atoms with Crippen LogP contribution in [-0.4, -0.2) is 44.5 Å². The minimum atomic E-state index is -0.113. The highest BCUT2D eigenvalue weighted by molar-refractivity contribution is 5.91. The molecule has 1 aliphatic heterocycles. The van der Waals surface area contributed by atoms with E-state index < -0.39 is 0 Å². The molecule has 0 bridgehead atoms. The van der Waals surface area contributed by atoms with E-state index in [4.69, 9.17) is 4.74 Å². The molecule has 6 nitrogen and oxygen atoms in total. The third-order valence-electron chi connectivity index (χ3n) is 4.67. The number of anilines is 2. The van der Waals surface area contributed by atoms with Crippen LogP contribution < -0.4 is 14.5 Å². The van der Waals surface area contributed by atoms with Gasteiger partial charge in [-0.05, 0) is 24.1 Å². The maximum atomic E-state index is 11.7. The molecule has 1 N–H and O–H groups in total. The van der Waals surface area contributed by atoms with Gasteiger partial charge in [0.15, 0.2) is 17.8 Å². The number of methoxy groups -OCH3 is 1. The van der Waals surface area contributed by atoms with Gasteiger partial charge in [0.05, 0.1) is 18.8 Å². The first-order valence-electron chi connectivity index (χ1n) is 7.98. The third kappa shape index (κ3) is 3.03. The highest BCUT2D eigenvalue weighted by Crippen LogP contribution is 2.35. The lowest BCUT2D eigenvalue weighted by Gasteiger charge is -2.28. The van der Waals surface area contributed by atoms with Gasteiger partial charge >= 0.3 is 0 Å². The number of fused-ring (bicyclic) bond motifs is 1. The van der Waals surface area contributed by atoms with E-state index in [2.05, 4.69) is 17.0 Å². The van der Waals surface area contributed by atoms with Gasteiger partial charge in [-0.1, -0.05) is 18.2 Å². The molecule has 25 heavy (non-hydrogen) atoms. The second-order valence-electron chi connectivity index (χ2n) is 6.06. The summed E-state index contributed by atoms with van der Waals surface area (Å²) in [7, 11) is 3.40. The first-order chi connectivity index (χ1) is 12.1. The van der Waals surface area contributed by atoms with Crippen molar-refractivity contribution in [3.05, 3.63) is 47.5 Å². The summed E-state index contributed by atoms with van der Waals surface area (Å²) in [5, 5.41) is 10.0. The molecular weight excluding hydrogens is 320 g/mol. The van der Waals surface area contributed by atoms with Gasteiger partial charge in [-0.2, -0.15) is 0 Å². The zero-order chi connectivity index (χ0) is 18.0. The van der Waals surface area contributed by atoms with Gasteiger partial charge in [0.25, 0.3) is 0 Å². The number of hydrogen-bond donors (Lipinski definition) is 1. The maximum absolute atomic E-state index is 11.7. The number of amides is 1. The Morgan fingerprint density at radius 3 is 2.72 bits per heavy atom. The van der Waals surface area contributed by atoms with Crippen LogP contribution in [0.4, 0.5) is 11.4 Å². The van der Waals surface area contributed by atoms with E-state index in [9.17, 15) is 14.7 Å². The number of nitrogens with zero attached hydrogens (tertiary/aromatic N) is 2. The van der Waals surface area contributed by atoms with Gasteiger partial charge in [0.2, 0.25) is 6.41 Å². The Balaban J connectivity index is 1.88. The van der Waals surface area contributed by atoms with Gasteiger partial charge in [0, 0.05) is 30.9 Å². The summed E-state index contributed by atoms with van der Waals surface area (Å²) >= 11 is 0. The Hall–Kier alpha value is -3.02. The molecule has 3 rings (SSSR count). The molecule has 1 heterocycles. The number of benzene rings is 2. The molecule has 0 saturated heterocycles. The van der Waals surface area contributed by atoms with Crippen LogP contribution in [0, 0.1) is 0 Å². The predicted molar refractivity (Wildman–Crippen MR) is 95.8 cm³/mol.